The number of fused-ring (bicyclic) bond motifs is 2. The van der Waals surface area contributed by atoms with Crippen LogP contribution in [0.25, 0.3) is 22.0 Å². The summed E-state index contributed by atoms with van der Waals surface area (Å²) in [6.07, 6.45) is 5.68. The van der Waals surface area contributed by atoms with Crippen LogP contribution in [0.15, 0.2) is 59.9 Å². The third kappa shape index (κ3) is 5.70. The lowest BCUT2D eigenvalue weighted by Gasteiger charge is -2.20. The molecule has 0 bridgehead atoms. The molecule has 1 atom stereocenters. The second-order valence-corrected chi connectivity index (χ2v) is 11.1. The minimum absolute atomic E-state index is 0.142. The zero-order chi connectivity index (χ0) is 25.8. The van der Waals surface area contributed by atoms with Gasteiger partial charge in [0.1, 0.15) is 5.00 Å². The second-order valence-electron chi connectivity index (χ2n) is 9.07. The molecule has 0 spiro atoms. The molecule has 0 saturated heterocycles. The molecule has 1 aliphatic carbocycles. The molecule has 2 aromatic heterocycles. The number of ether oxygens (including phenoxy) is 1. The Labute approximate surface area is 224 Å². The average molecular weight is 532 g/mol. The van der Waals surface area contributed by atoms with Gasteiger partial charge < -0.3 is 10.1 Å². The van der Waals surface area contributed by atoms with Gasteiger partial charge in [-0.05, 0) is 60.6 Å². The van der Waals surface area contributed by atoms with Crippen molar-refractivity contribution in [2.45, 2.75) is 44.7 Å². The Morgan fingerprint density at radius 2 is 1.97 bits per heavy atom. The van der Waals surface area contributed by atoms with Gasteiger partial charge in [0.2, 0.25) is 5.91 Å². The van der Waals surface area contributed by atoms with Crippen molar-refractivity contribution in [2.24, 2.45) is 5.92 Å². The van der Waals surface area contributed by atoms with E-state index in [4.69, 9.17) is 4.74 Å². The molecule has 37 heavy (non-hydrogen) atoms. The van der Waals surface area contributed by atoms with Crippen molar-refractivity contribution in [2.75, 3.05) is 17.7 Å². The van der Waals surface area contributed by atoms with Crippen LogP contribution in [0.5, 0.6) is 0 Å². The fourth-order valence-electron chi connectivity index (χ4n) is 4.72. The third-order valence-electron chi connectivity index (χ3n) is 6.69. The van der Waals surface area contributed by atoms with E-state index in [-0.39, 0.29) is 17.6 Å². The normalized spacial score (nSPS) is 14.8. The summed E-state index contributed by atoms with van der Waals surface area (Å²) < 4.78 is 5.33. The van der Waals surface area contributed by atoms with Gasteiger partial charge in [-0.3, -0.25) is 4.79 Å². The molecule has 0 saturated carbocycles. The van der Waals surface area contributed by atoms with Gasteiger partial charge in [0.05, 0.1) is 23.6 Å². The molecule has 6 nitrogen and oxygen atoms in total. The maximum Gasteiger partial charge on any atom is 0.341 e. The molecule has 2 heterocycles. The average Bonchev–Trinajstić information content (AvgIpc) is 3.28. The molecule has 1 N–H and O–H groups in total. The first-order valence-corrected chi connectivity index (χ1v) is 14.4. The highest BCUT2D eigenvalue weighted by atomic mass is 32.2. The van der Waals surface area contributed by atoms with E-state index in [1.165, 1.54) is 33.4 Å². The highest BCUT2D eigenvalue weighted by Crippen LogP contribution is 2.41. The van der Waals surface area contributed by atoms with E-state index < -0.39 is 0 Å². The van der Waals surface area contributed by atoms with Crippen molar-refractivity contribution in [3.05, 3.63) is 70.7 Å². The number of hydrogen-bond donors (Lipinski definition) is 1. The first-order valence-electron chi connectivity index (χ1n) is 12.6. The molecule has 8 heteroatoms. The van der Waals surface area contributed by atoms with Crippen LogP contribution < -0.4 is 5.32 Å². The van der Waals surface area contributed by atoms with E-state index in [0.717, 1.165) is 47.9 Å². The van der Waals surface area contributed by atoms with Gasteiger partial charge in [0, 0.05) is 16.6 Å². The summed E-state index contributed by atoms with van der Waals surface area (Å²) in [5, 5.41) is 6.43. The number of rotatable bonds is 8. The van der Waals surface area contributed by atoms with Crippen LogP contribution >= 0.6 is 23.1 Å². The van der Waals surface area contributed by atoms with Crippen LogP contribution in [0.2, 0.25) is 0 Å². The summed E-state index contributed by atoms with van der Waals surface area (Å²) in [5.41, 5.74) is 3.39. The number of thioether (sulfide) groups is 1. The van der Waals surface area contributed by atoms with E-state index in [1.807, 2.05) is 24.3 Å². The van der Waals surface area contributed by atoms with Crippen LogP contribution in [-0.2, 0) is 22.4 Å². The number of nitrogens with zero attached hydrogens (tertiary/aromatic N) is 2. The van der Waals surface area contributed by atoms with E-state index in [2.05, 4.69) is 46.5 Å². The Morgan fingerprint density at radius 1 is 1.14 bits per heavy atom. The number of benzene rings is 2. The Kier molecular flexibility index (Phi) is 7.86. The maximum atomic E-state index is 12.9. The quantitative estimate of drug-likeness (QED) is 0.153. The number of carbonyl (C=O) groups is 2. The highest BCUT2D eigenvalue weighted by Gasteiger charge is 2.29. The molecule has 5 rings (SSSR count). The fourth-order valence-corrected chi connectivity index (χ4v) is 6.72. The lowest BCUT2D eigenvalue weighted by molar-refractivity contribution is -0.113. The molecule has 1 aliphatic rings. The lowest BCUT2D eigenvalue weighted by Crippen LogP contribution is -2.18. The molecule has 0 unspecified atom stereocenters. The number of nitrogens with one attached hydrogen (secondary N) is 1. The van der Waals surface area contributed by atoms with Crippen molar-refractivity contribution >= 4 is 50.7 Å². The van der Waals surface area contributed by atoms with Crippen LogP contribution in [0.3, 0.4) is 0 Å². The first kappa shape index (κ1) is 25.4. The molecule has 1 amide bonds. The zero-order valence-electron chi connectivity index (χ0n) is 21.0. The van der Waals surface area contributed by atoms with Gasteiger partial charge in [-0.15, -0.1) is 11.3 Å². The summed E-state index contributed by atoms with van der Waals surface area (Å²) in [7, 11) is 0. The van der Waals surface area contributed by atoms with Gasteiger partial charge in [-0.1, -0.05) is 61.5 Å². The molecule has 0 fully saturated rings. The summed E-state index contributed by atoms with van der Waals surface area (Å²) in [5.74, 6) is 0.210. The van der Waals surface area contributed by atoms with Gasteiger partial charge >= 0.3 is 5.97 Å². The Balaban J connectivity index is 1.29. The minimum atomic E-state index is -0.357. The van der Waals surface area contributed by atoms with Crippen LogP contribution in [0.4, 0.5) is 5.00 Å². The number of amides is 1. The van der Waals surface area contributed by atoms with E-state index in [1.54, 1.807) is 13.1 Å². The standard InChI is InChI=1S/C29H29N3O3S2/c1-3-18-9-12-22-24(15-18)37-27(26(22)28(34)35-4-2)32-25(33)17-36-29-30-14-13-23(31-29)21-11-10-19-7-5-6-8-20(19)16-21/h5-8,10-11,13-14,16,18H,3-4,9,12,15,17H2,1-2H3,(H,32,33)/t18-/m0/s1. The van der Waals surface area contributed by atoms with E-state index >= 15 is 0 Å². The first-order chi connectivity index (χ1) is 18.1. The third-order valence-corrected chi connectivity index (χ3v) is 8.72. The van der Waals surface area contributed by atoms with Gasteiger partial charge in [-0.25, -0.2) is 14.8 Å². The number of esters is 1. The van der Waals surface area contributed by atoms with Crippen molar-refractivity contribution < 1.29 is 14.3 Å². The smallest absolute Gasteiger partial charge is 0.341 e. The Morgan fingerprint density at radius 3 is 2.78 bits per heavy atom. The van der Waals surface area contributed by atoms with Crippen molar-refractivity contribution in [1.82, 2.24) is 9.97 Å². The van der Waals surface area contributed by atoms with Gasteiger partial charge in [0.15, 0.2) is 5.16 Å². The fraction of sp³-hybridized carbons (Fsp3) is 0.310. The minimum Gasteiger partial charge on any atom is -0.462 e. The van der Waals surface area contributed by atoms with Crippen LogP contribution in [0, 0.1) is 5.92 Å². The molecule has 0 aliphatic heterocycles. The lowest BCUT2D eigenvalue weighted by atomic mass is 9.85. The summed E-state index contributed by atoms with van der Waals surface area (Å²) >= 11 is 2.79. The number of aromatic nitrogens is 2. The second kappa shape index (κ2) is 11.4. The Bertz CT molecular complexity index is 1450. The van der Waals surface area contributed by atoms with E-state index in [9.17, 15) is 9.59 Å². The highest BCUT2D eigenvalue weighted by molar-refractivity contribution is 7.99. The SMILES string of the molecule is CCOC(=O)c1c(NC(=O)CSc2nccc(-c3ccc4ccccc4c3)n2)sc2c1CC[C@H](CC)C2. The predicted molar refractivity (Wildman–Crippen MR) is 150 cm³/mol. The Hall–Kier alpha value is -3.23. The number of carbonyl (C=O) groups excluding carboxylic acids is 2. The van der Waals surface area contributed by atoms with Crippen LogP contribution in [-0.4, -0.2) is 34.2 Å². The number of hydrogen-bond acceptors (Lipinski definition) is 7. The number of thiophene rings is 1. The number of anilines is 1. The summed E-state index contributed by atoms with van der Waals surface area (Å²) in [4.78, 5) is 35.9. The van der Waals surface area contributed by atoms with Crippen LogP contribution in [0.1, 0.15) is 47.5 Å². The maximum absolute atomic E-state index is 12.9. The zero-order valence-corrected chi connectivity index (χ0v) is 22.6. The topological polar surface area (TPSA) is 81.2 Å². The van der Waals surface area contributed by atoms with Crippen molar-refractivity contribution in [1.29, 1.82) is 0 Å². The van der Waals surface area contributed by atoms with Gasteiger partial charge in [0.25, 0.3) is 0 Å². The molecular formula is C29H29N3O3S2. The monoisotopic (exact) mass is 531 g/mol. The predicted octanol–water partition coefficient (Wildman–Crippen LogP) is 6.78. The molecule has 0 radical (unpaired) electrons. The van der Waals surface area contributed by atoms with E-state index in [0.29, 0.717) is 28.2 Å². The summed E-state index contributed by atoms with van der Waals surface area (Å²) in [6.45, 7) is 4.30. The molecule has 2 aromatic carbocycles. The summed E-state index contributed by atoms with van der Waals surface area (Å²) in [6, 6.07) is 16.3. The molecule has 4 aromatic rings. The van der Waals surface area contributed by atoms with Crippen molar-refractivity contribution in [3.8, 4) is 11.3 Å². The molecule has 190 valence electrons. The largest absolute Gasteiger partial charge is 0.462 e. The van der Waals surface area contributed by atoms with Gasteiger partial charge in [-0.2, -0.15) is 0 Å². The molecular weight excluding hydrogens is 502 g/mol. The van der Waals surface area contributed by atoms with Crippen molar-refractivity contribution in [3.63, 3.8) is 0 Å².